The van der Waals surface area contributed by atoms with Crippen molar-refractivity contribution >= 4 is 0 Å². The van der Waals surface area contributed by atoms with Crippen molar-refractivity contribution in [2.45, 2.75) is 25.8 Å². The van der Waals surface area contributed by atoms with E-state index >= 15 is 0 Å². The largest absolute Gasteiger partial charge is 0.396 e. The molecule has 1 fully saturated rings. The number of nitrogens with one attached hydrogen (secondary N) is 1. The Morgan fingerprint density at radius 1 is 1.50 bits per heavy atom. The molecular formula is C16H25FN2O. The van der Waals surface area contributed by atoms with Crippen LogP contribution in [0.4, 0.5) is 4.39 Å². The fraction of sp³-hybridized carbons (Fsp3) is 0.625. The molecule has 2 unspecified atom stereocenters. The summed E-state index contributed by atoms with van der Waals surface area (Å²) in [5.41, 5.74) is 1.02. The molecule has 1 heterocycles. The third-order valence-corrected chi connectivity index (χ3v) is 4.06. The van der Waals surface area contributed by atoms with E-state index in [-0.39, 0.29) is 18.5 Å². The van der Waals surface area contributed by atoms with E-state index in [1.807, 2.05) is 6.07 Å². The topological polar surface area (TPSA) is 35.5 Å². The Morgan fingerprint density at radius 3 is 3.00 bits per heavy atom. The average Bonchev–Trinajstić information content (AvgIpc) is 2.91. The van der Waals surface area contributed by atoms with Crippen molar-refractivity contribution in [1.29, 1.82) is 0 Å². The lowest BCUT2D eigenvalue weighted by Gasteiger charge is -2.22. The first-order valence-corrected chi connectivity index (χ1v) is 7.55. The molecule has 1 aliphatic rings. The highest BCUT2D eigenvalue weighted by molar-refractivity contribution is 5.20. The summed E-state index contributed by atoms with van der Waals surface area (Å²) in [7, 11) is 0. The Kier molecular flexibility index (Phi) is 5.95. The van der Waals surface area contributed by atoms with Crippen molar-refractivity contribution in [3.05, 3.63) is 35.6 Å². The lowest BCUT2D eigenvalue weighted by molar-refractivity contribution is 0.219. The van der Waals surface area contributed by atoms with Gasteiger partial charge in [-0.25, -0.2) is 4.39 Å². The van der Waals surface area contributed by atoms with Crippen LogP contribution in [0, 0.1) is 11.7 Å². The van der Waals surface area contributed by atoms with Gasteiger partial charge in [-0.15, -0.1) is 0 Å². The molecule has 2 N–H and O–H groups in total. The summed E-state index contributed by atoms with van der Waals surface area (Å²) in [6.45, 7) is 6.28. The van der Waals surface area contributed by atoms with Gasteiger partial charge in [0.15, 0.2) is 0 Å². The quantitative estimate of drug-likeness (QED) is 0.803. The highest BCUT2D eigenvalue weighted by Gasteiger charge is 2.22. The minimum atomic E-state index is -0.174. The second-order valence-corrected chi connectivity index (χ2v) is 5.59. The first-order valence-electron chi connectivity index (χ1n) is 7.55. The predicted octanol–water partition coefficient (Wildman–Crippen LogP) is 2.18. The number of nitrogens with zero attached hydrogens (tertiary/aromatic N) is 1. The highest BCUT2D eigenvalue weighted by atomic mass is 19.1. The molecule has 1 saturated heterocycles. The second kappa shape index (κ2) is 7.72. The first kappa shape index (κ1) is 15.4. The molecule has 20 heavy (non-hydrogen) atoms. The lowest BCUT2D eigenvalue weighted by Crippen LogP contribution is -2.28. The molecule has 3 nitrogen and oxygen atoms in total. The molecule has 2 atom stereocenters. The molecule has 0 saturated carbocycles. The Labute approximate surface area is 120 Å². The monoisotopic (exact) mass is 280 g/mol. The molecular weight excluding hydrogens is 255 g/mol. The van der Waals surface area contributed by atoms with Gasteiger partial charge < -0.3 is 15.3 Å². The third-order valence-electron chi connectivity index (χ3n) is 4.06. The first-order chi connectivity index (χ1) is 9.72. The van der Waals surface area contributed by atoms with Gasteiger partial charge in [-0.2, -0.15) is 0 Å². The van der Waals surface area contributed by atoms with E-state index in [0.29, 0.717) is 5.92 Å². The van der Waals surface area contributed by atoms with Gasteiger partial charge in [0.05, 0.1) is 0 Å². The molecule has 0 radical (unpaired) electrons. The van der Waals surface area contributed by atoms with E-state index in [4.69, 9.17) is 0 Å². The van der Waals surface area contributed by atoms with Gasteiger partial charge >= 0.3 is 0 Å². The van der Waals surface area contributed by atoms with Crippen LogP contribution in [0.25, 0.3) is 0 Å². The molecule has 112 valence electrons. The van der Waals surface area contributed by atoms with Crippen LogP contribution in [0.3, 0.4) is 0 Å². The zero-order valence-electron chi connectivity index (χ0n) is 12.2. The van der Waals surface area contributed by atoms with Gasteiger partial charge in [0, 0.05) is 19.2 Å². The number of aliphatic hydroxyl groups excluding tert-OH is 1. The number of hydrogen-bond acceptors (Lipinski definition) is 3. The number of rotatable bonds is 7. The molecule has 0 spiro atoms. The number of benzene rings is 1. The zero-order valence-corrected chi connectivity index (χ0v) is 12.2. The molecule has 0 aliphatic carbocycles. The van der Waals surface area contributed by atoms with Crippen molar-refractivity contribution in [2.75, 3.05) is 32.8 Å². The molecule has 1 aromatic rings. The van der Waals surface area contributed by atoms with Crippen LogP contribution in [0.1, 0.15) is 31.4 Å². The van der Waals surface area contributed by atoms with E-state index < -0.39 is 0 Å². The van der Waals surface area contributed by atoms with Crippen LogP contribution in [0.2, 0.25) is 0 Å². The summed E-state index contributed by atoms with van der Waals surface area (Å²) >= 11 is 0. The fourth-order valence-corrected chi connectivity index (χ4v) is 2.93. The Balaban J connectivity index is 1.89. The highest BCUT2D eigenvalue weighted by Crippen LogP contribution is 2.21. The lowest BCUT2D eigenvalue weighted by atomic mass is 10.0. The average molecular weight is 280 g/mol. The number of hydrogen-bond donors (Lipinski definition) is 2. The van der Waals surface area contributed by atoms with Gasteiger partial charge in [0.2, 0.25) is 0 Å². The maximum Gasteiger partial charge on any atom is 0.123 e. The summed E-state index contributed by atoms with van der Waals surface area (Å²) in [6.07, 6.45) is 2.05. The van der Waals surface area contributed by atoms with E-state index in [1.54, 1.807) is 12.1 Å². The molecule has 4 heteroatoms. The summed E-state index contributed by atoms with van der Waals surface area (Å²) in [6, 6.07) is 7.06. The normalized spacial score (nSPS) is 21.2. The van der Waals surface area contributed by atoms with Crippen molar-refractivity contribution < 1.29 is 9.50 Å². The SMILES string of the molecule is CCNC(CCN1CCC(CO)C1)c1cccc(F)c1. The number of likely N-dealkylation sites (tertiary alicyclic amines) is 1. The molecule has 1 aliphatic heterocycles. The van der Waals surface area contributed by atoms with E-state index in [2.05, 4.69) is 17.1 Å². The number of aliphatic hydroxyl groups is 1. The molecule has 1 aromatic carbocycles. The molecule has 0 aromatic heterocycles. The maximum atomic E-state index is 13.3. The molecule has 2 rings (SSSR count). The second-order valence-electron chi connectivity index (χ2n) is 5.59. The Morgan fingerprint density at radius 2 is 2.35 bits per heavy atom. The Bertz CT molecular complexity index is 413. The van der Waals surface area contributed by atoms with Crippen LogP contribution in [-0.2, 0) is 0 Å². The smallest absolute Gasteiger partial charge is 0.123 e. The van der Waals surface area contributed by atoms with Crippen LogP contribution in [0.5, 0.6) is 0 Å². The van der Waals surface area contributed by atoms with Gasteiger partial charge in [-0.05, 0) is 56.1 Å². The minimum absolute atomic E-state index is 0.174. The maximum absolute atomic E-state index is 13.3. The summed E-state index contributed by atoms with van der Waals surface area (Å²) < 4.78 is 13.3. The Hall–Kier alpha value is -0.970. The van der Waals surface area contributed by atoms with Gasteiger partial charge in [-0.3, -0.25) is 0 Å². The predicted molar refractivity (Wildman–Crippen MR) is 79.1 cm³/mol. The van der Waals surface area contributed by atoms with Crippen molar-refractivity contribution in [2.24, 2.45) is 5.92 Å². The standard InChI is InChI=1S/C16H25FN2O/c1-2-18-16(14-4-3-5-15(17)10-14)7-9-19-8-6-13(11-19)12-20/h3-5,10,13,16,18,20H,2,6-9,11-12H2,1H3. The van der Waals surface area contributed by atoms with Crippen molar-refractivity contribution in [1.82, 2.24) is 10.2 Å². The zero-order chi connectivity index (χ0) is 14.4. The van der Waals surface area contributed by atoms with Gasteiger partial charge in [0.1, 0.15) is 5.82 Å². The van der Waals surface area contributed by atoms with Gasteiger partial charge in [-0.1, -0.05) is 19.1 Å². The third kappa shape index (κ3) is 4.27. The fourth-order valence-electron chi connectivity index (χ4n) is 2.93. The summed E-state index contributed by atoms with van der Waals surface area (Å²) in [5, 5.41) is 12.6. The van der Waals surface area contributed by atoms with E-state index in [9.17, 15) is 9.50 Å². The summed E-state index contributed by atoms with van der Waals surface area (Å²) in [5.74, 6) is 0.258. The van der Waals surface area contributed by atoms with Gasteiger partial charge in [0.25, 0.3) is 0 Å². The van der Waals surface area contributed by atoms with Crippen LogP contribution >= 0.6 is 0 Å². The number of halogens is 1. The molecule has 0 bridgehead atoms. The van der Waals surface area contributed by atoms with Crippen molar-refractivity contribution in [3.8, 4) is 0 Å². The minimum Gasteiger partial charge on any atom is -0.396 e. The molecule has 0 amide bonds. The van der Waals surface area contributed by atoms with Crippen LogP contribution in [-0.4, -0.2) is 42.8 Å². The van der Waals surface area contributed by atoms with E-state index in [1.165, 1.54) is 6.07 Å². The van der Waals surface area contributed by atoms with Crippen molar-refractivity contribution in [3.63, 3.8) is 0 Å². The van der Waals surface area contributed by atoms with Crippen LogP contribution in [0.15, 0.2) is 24.3 Å². The van der Waals surface area contributed by atoms with Crippen LogP contribution < -0.4 is 5.32 Å². The summed E-state index contributed by atoms with van der Waals surface area (Å²) in [4.78, 5) is 2.39. The van der Waals surface area contributed by atoms with E-state index in [0.717, 1.165) is 44.6 Å².